The highest BCUT2D eigenvalue weighted by Gasteiger charge is 2.40. The summed E-state index contributed by atoms with van der Waals surface area (Å²) in [6.07, 6.45) is 5.38. The highest BCUT2D eigenvalue weighted by molar-refractivity contribution is 5.77. The molecule has 3 fully saturated rings. The molecule has 1 amide bonds. The molecule has 0 radical (unpaired) electrons. The molecule has 0 aromatic heterocycles. The number of ether oxygens (including phenoxy) is 1. The minimum atomic E-state index is 0.0910. The van der Waals surface area contributed by atoms with Gasteiger partial charge in [0.2, 0.25) is 5.91 Å². The first-order chi connectivity index (χ1) is 13.7. The molecule has 154 valence electrons. The predicted molar refractivity (Wildman–Crippen MR) is 111 cm³/mol. The lowest BCUT2D eigenvalue weighted by molar-refractivity contribution is -0.123. The van der Waals surface area contributed by atoms with Gasteiger partial charge >= 0.3 is 0 Å². The van der Waals surface area contributed by atoms with Gasteiger partial charge < -0.3 is 15.0 Å². The van der Waals surface area contributed by atoms with Crippen LogP contribution in [0, 0.1) is 5.92 Å². The zero-order valence-corrected chi connectivity index (χ0v) is 17.2. The van der Waals surface area contributed by atoms with Crippen molar-refractivity contribution in [3.8, 4) is 0 Å². The van der Waals surface area contributed by atoms with Gasteiger partial charge in [0.15, 0.2) is 0 Å². The fraction of sp³-hybridized carbons (Fsp3) is 0.696. The SMILES string of the molecule is CN1CCC(CNC(=O)CC(c2ccccc2)C2CC2)(N2CCOCC2)CC1. The van der Waals surface area contributed by atoms with Crippen molar-refractivity contribution in [1.29, 1.82) is 0 Å². The van der Waals surface area contributed by atoms with Crippen LogP contribution in [-0.2, 0) is 9.53 Å². The van der Waals surface area contributed by atoms with E-state index < -0.39 is 0 Å². The van der Waals surface area contributed by atoms with Gasteiger partial charge in [0, 0.05) is 31.6 Å². The van der Waals surface area contributed by atoms with Crippen LogP contribution < -0.4 is 5.32 Å². The highest BCUT2D eigenvalue weighted by Crippen LogP contribution is 2.44. The molecule has 1 aromatic rings. The van der Waals surface area contributed by atoms with Crippen molar-refractivity contribution in [3.63, 3.8) is 0 Å². The number of piperidine rings is 1. The maximum absolute atomic E-state index is 12.9. The normalized spacial score (nSPS) is 24.6. The number of benzene rings is 1. The second-order valence-corrected chi connectivity index (χ2v) is 8.96. The van der Waals surface area contributed by atoms with E-state index in [0.29, 0.717) is 18.3 Å². The molecular weight excluding hydrogens is 350 g/mol. The summed E-state index contributed by atoms with van der Waals surface area (Å²) in [4.78, 5) is 17.9. The van der Waals surface area contributed by atoms with Crippen LogP contribution in [0.25, 0.3) is 0 Å². The third kappa shape index (κ3) is 4.76. The molecular formula is C23H35N3O2. The van der Waals surface area contributed by atoms with E-state index in [1.54, 1.807) is 0 Å². The predicted octanol–water partition coefficient (Wildman–Crippen LogP) is 2.48. The van der Waals surface area contributed by atoms with Crippen molar-refractivity contribution in [2.24, 2.45) is 5.92 Å². The average Bonchev–Trinajstić information content (AvgIpc) is 3.58. The molecule has 1 atom stereocenters. The summed E-state index contributed by atoms with van der Waals surface area (Å²) in [5.74, 6) is 1.27. The van der Waals surface area contributed by atoms with Gasteiger partial charge in [-0.15, -0.1) is 0 Å². The maximum Gasteiger partial charge on any atom is 0.220 e. The van der Waals surface area contributed by atoms with Crippen molar-refractivity contribution < 1.29 is 9.53 Å². The fourth-order valence-corrected chi connectivity index (χ4v) is 4.97. The summed E-state index contributed by atoms with van der Waals surface area (Å²) in [7, 11) is 2.20. The average molecular weight is 386 g/mol. The van der Waals surface area contributed by atoms with Crippen LogP contribution in [0.4, 0.5) is 0 Å². The summed E-state index contributed by atoms with van der Waals surface area (Å²) in [5, 5.41) is 3.35. The number of morpholine rings is 1. The van der Waals surface area contributed by atoms with E-state index in [2.05, 4.69) is 52.5 Å². The Morgan fingerprint density at radius 2 is 1.82 bits per heavy atom. The molecule has 5 heteroatoms. The minimum absolute atomic E-state index is 0.0910. The number of carbonyl (C=O) groups excluding carboxylic acids is 1. The second-order valence-electron chi connectivity index (χ2n) is 8.96. The number of amides is 1. The molecule has 5 nitrogen and oxygen atoms in total. The Morgan fingerprint density at radius 3 is 2.46 bits per heavy atom. The molecule has 1 saturated carbocycles. The molecule has 4 rings (SSSR count). The van der Waals surface area contributed by atoms with E-state index >= 15 is 0 Å². The van der Waals surface area contributed by atoms with Crippen LogP contribution in [0.2, 0.25) is 0 Å². The molecule has 0 spiro atoms. The molecule has 28 heavy (non-hydrogen) atoms. The first-order valence-electron chi connectivity index (χ1n) is 11.0. The van der Waals surface area contributed by atoms with Crippen LogP contribution in [0.3, 0.4) is 0 Å². The zero-order chi connectivity index (χ0) is 19.4. The number of rotatable bonds is 7. The van der Waals surface area contributed by atoms with Gasteiger partial charge in [0.05, 0.1) is 13.2 Å². The van der Waals surface area contributed by atoms with E-state index in [1.165, 1.54) is 18.4 Å². The molecule has 1 unspecified atom stereocenters. The van der Waals surface area contributed by atoms with Gasteiger partial charge in [0.1, 0.15) is 0 Å². The summed E-state index contributed by atoms with van der Waals surface area (Å²) >= 11 is 0. The number of nitrogens with zero attached hydrogens (tertiary/aromatic N) is 2. The summed E-state index contributed by atoms with van der Waals surface area (Å²) < 4.78 is 5.58. The summed E-state index contributed by atoms with van der Waals surface area (Å²) in [6.45, 7) is 6.55. The largest absolute Gasteiger partial charge is 0.379 e. The molecule has 1 N–H and O–H groups in total. The Bertz CT molecular complexity index is 633. The van der Waals surface area contributed by atoms with Gasteiger partial charge in [0.25, 0.3) is 0 Å². The van der Waals surface area contributed by atoms with Crippen LogP contribution in [-0.4, -0.2) is 74.2 Å². The Hall–Kier alpha value is -1.43. The lowest BCUT2D eigenvalue weighted by atomic mass is 9.84. The molecule has 3 aliphatic rings. The van der Waals surface area contributed by atoms with Gasteiger partial charge in [-0.25, -0.2) is 0 Å². The quantitative estimate of drug-likeness (QED) is 0.783. The number of carbonyl (C=O) groups is 1. The van der Waals surface area contributed by atoms with Gasteiger partial charge in [-0.05, 0) is 63.2 Å². The molecule has 1 aliphatic carbocycles. The Labute approximate surface area is 169 Å². The second kappa shape index (κ2) is 8.93. The van der Waals surface area contributed by atoms with Gasteiger partial charge in [-0.1, -0.05) is 30.3 Å². The van der Waals surface area contributed by atoms with E-state index in [9.17, 15) is 4.79 Å². The van der Waals surface area contributed by atoms with E-state index in [4.69, 9.17) is 4.74 Å². The monoisotopic (exact) mass is 385 g/mol. The molecule has 2 saturated heterocycles. The Balaban J connectivity index is 1.38. The summed E-state index contributed by atoms with van der Waals surface area (Å²) in [6, 6.07) is 10.6. The van der Waals surface area contributed by atoms with Gasteiger partial charge in [-0.3, -0.25) is 9.69 Å². The molecule has 0 bridgehead atoms. The molecule has 1 aromatic carbocycles. The number of hydrogen-bond donors (Lipinski definition) is 1. The summed E-state index contributed by atoms with van der Waals surface area (Å²) in [5.41, 5.74) is 1.41. The highest BCUT2D eigenvalue weighted by atomic mass is 16.5. The third-order valence-electron chi connectivity index (χ3n) is 7.04. The van der Waals surface area contributed by atoms with Crippen molar-refractivity contribution in [1.82, 2.24) is 15.1 Å². The smallest absolute Gasteiger partial charge is 0.220 e. The molecule has 2 heterocycles. The lowest BCUT2D eigenvalue weighted by Gasteiger charge is -2.49. The van der Waals surface area contributed by atoms with Crippen molar-refractivity contribution >= 4 is 5.91 Å². The fourth-order valence-electron chi connectivity index (χ4n) is 4.97. The standard InChI is InChI=1S/C23H35N3O2/c1-25-11-9-23(10-12-25,26-13-15-28-16-14-26)18-24-22(27)17-21(20-7-8-20)19-5-3-2-4-6-19/h2-6,20-21H,7-18H2,1H3,(H,24,27). The zero-order valence-electron chi connectivity index (χ0n) is 17.2. The first-order valence-corrected chi connectivity index (χ1v) is 11.0. The topological polar surface area (TPSA) is 44.8 Å². The maximum atomic E-state index is 12.9. The molecule has 2 aliphatic heterocycles. The lowest BCUT2D eigenvalue weighted by Crippen LogP contribution is -2.62. The van der Waals surface area contributed by atoms with E-state index in [0.717, 1.165) is 58.8 Å². The van der Waals surface area contributed by atoms with Gasteiger partial charge in [-0.2, -0.15) is 0 Å². The first kappa shape index (κ1) is 19.9. The van der Waals surface area contributed by atoms with Crippen molar-refractivity contribution in [3.05, 3.63) is 35.9 Å². The number of hydrogen-bond acceptors (Lipinski definition) is 4. The van der Waals surface area contributed by atoms with Crippen LogP contribution in [0.1, 0.15) is 43.6 Å². The van der Waals surface area contributed by atoms with E-state index in [1.807, 2.05) is 0 Å². The van der Waals surface area contributed by atoms with Crippen LogP contribution in [0.5, 0.6) is 0 Å². The van der Waals surface area contributed by atoms with Crippen LogP contribution >= 0.6 is 0 Å². The Morgan fingerprint density at radius 1 is 1.14 bits per heavy atom. The van der Waals surface area contributed by atoms with Crippen LogP contribution in [0.15, 0.2) is 30.3 Å². The number of likely N-dealkylation sites (tertiary alicyclic amines) is 1. The third-order valence-corrected chi connectivity index (χ3v) is 7.04. The van der Waals surface area contributed by atoms with Crippen molar-refractivity contribution in [2.45, 2.75) is 43.6 Å². The minimum Gasteiger partial charge on any atom is -0.379 e. The van der Waals surface area contributed by atoms with Crippen molar-refractivity contribution in [2.75, 3.05) is 53.0 Å². The number of nitrogens with one attached hydrogen (secondary N) is 1. The van der Waals surface area contributed by atoms with E-state index in [-0.39, 0.29) is 11.4 Å². The Kier molecular flexibility index (Phi) is 6.34.